The quantitative estimate of drug-likeness (QED) is 0.915. The minimum absolute atomic E-state index is 0.253. The van der Waals surface area contributed by atoms with E-state index in [2.05, 4.69) is 11.8 Å². The fourth-order valence-electron chi connectivity index (χ4n) is 2.41. The van der Waals surface area contributed by atoms with Crippen molar-refractivity contribution in [2.24, 2.45) is 11.1 Å². The molecule has 1 saturated heterocycles. The van der Waals surface area contributed by atoms with Crippen LogP contribution in [-0.4, -0.2) is 34.3 Å². The Morgan fingerprint density at radius 3 is 2.16 bits per heavy atom. The van der Waals surface area contributed by atoms with Gasteiger partial charge >= 0.3 is 0 Å². The van der Waals surface area contributed by atoms with Crippen molar-refractivity contribution in [2.45, 2.75) is 24.7 Å². The molecule has 1 heterocycles. The standard InChI is InChI=1S/C14H22N2O2S/c1-14(11-15)7-9-16(10-8-14)12-3-5-13(6-4-12)19(2,17)18/h3-6H,7-11,15H2,1-2H3. The van der Waals surface area contributed by atoms with Gasteiger partial charge in [0.25, 0.3) is 0 Å². The average Bonchev–Trinajstić information content (AvgIpc) is 2.39. The molecule has 2 rings (SSSR count). The number of sulfone groups is 1. The zero-order chi connectivity index (χ0) is 14.1. The Morgan fingerprint density at radius 1 is 1.21 bits per heavy atom. The summed E-state index contributed by atoms with van der Waals surface area (Å²) >= 11 is 0. The average molecular weight is 282 g/mol. The molecule has 0 spiro atoms. The summed E-state index contributed by atoms with van der Waals surface area (Å²) in [5.74, 6) is 0. The molecule has 1 aromatic carbocycles. The summed E-state index contributed by atoms with van der Waals surface area (Å²) in [6, 6.07) is 7.14. The number of rotatable bonds is 3. The fraction of sp³-hybridized carbons (Fsp3) is 0.571. The van der Waals surface area contributed by atoms with Gasteiger partial charge < -0.3 is 10.6 Å². The SMILES string of the molecule is CC1(CN)CCN(c2ccc(S(C)(=O)=O)cc2)CC1. The summed E-state index contributed by atoms with van der Waals surface area (Å²) < 4.78 is 22.8. The van der Waals surface area contributed by atoms with Gasteiger partial charge in [0.2, 0.25) is 0 Å². The molecule has 19 heavy (non-hydrogen) atoms. The Morgan fingerprint density at radius 2 is 1.74 bits per heavy atom. The van der Waals surface area contributed by atoms with E-state index in [0.717, 1.165) is 38.2 Å². The van der Waals surface area contributed by atoms with Crippen LogP contribution in [0.4, 0.5) is 5.69 Å². The van der Waals surface area contributed by atoms with Crippen LogP contribution < -0.4 is 10.6 Å². The predicted molar refractivity (Wildman–Crippen MR) is 78.2 cm³/mol. The highest BCUT2D eigenvalue weighted by Gasteiger charge is 2.28. The molecule has 1 aliphatic rings. The lowest BCUT2D eigenvalue weighted by Crippen LogP contribution is -2.42. The fourth-order valence-corrected chi connectivity index (χ4v) is 3.04. The van der Waals surface area contributed by atoms with Gasteiger partial charge in [-0.3, -0.25) is 0 Å². The molecule has 1 aliphatic heterocycles. The number of piperidine rings is 1. The largest absolute Gasteiger partial charge is 0.371 e. The molecule has 4 nitrogen and oxygen atoms in total. The molecule has 0 amide bonds. The summed E-state index contributed by atoms with van der Waals surface area (Å²) in [6.07, 6.45) is 3.39. The van der Waals surface area contributed by atoms with Crippen LogP contribution in [-0.2, 0) is 9.84 Å². The third kappa shape index (κ3) is 3.28. The van der Waals surface area contributed by atoms with E-state index in [9.17, 15) is 8.42 Å². The monoisotopic (exact) mass is 282 g/mol. The van der Waals surface area contributed by atoms with Crippen molar-refractivity contribution in [3.63, 3.8) is 0 Å². The third-order valence-electron chi connectivity index (χ3n) is 4.09. The van der Waals surface area contributed by atoms with Gasteiger partial charge in [0.1, 0.15) is 0 Å². The molecule has 0 atom stereocenters. The molecule has 0 saturated carbocycles. The molecular formula is C14H22N2O2S. The number of nitrogens with zero attached hydrogens (tertiary/aromatic N) is 1. The summed E-state index contributed by atoms with van der Waals surface area (Å²) in [4.78, 5) is 2.67. The molecule has 1 fully saturated rings. The van der Waals surface area contributed by atoms with E-state index in [-0.39, 0.29) is 5.41 Å². The van der Waals surface area contributed by atoms with E-state index < -0.39 is 9.84 Å². The van der Waals surface area contributed by atoms with E-state index in [4.69, 9.17) is 5.73 Å². The minimum Gasteiger partial charge on any atom is -0.371 e. The lowest BCUT2D eigenvalue weighted by molar-refractivity contribution is 0.258. The first kappa shape index (κ1) is 14.3. The maximum atomic E-state index is 11.4. The number of hydrogen-bond acceptors (Lipinski definition) is 4. The van der Waals surface area contributed by atoms with Crippen LogP contribution in [0.3, 0.4) is 0 Å². The number of hydrogen-bond donors (Lipinski definition) is 1. The topological polar surface area (TPSA) is 63.4 Å². The van der Waals surface area contributed by atoms with Crippen molar-refractivity contribution in [1.82, 2.24) is 0 Å². The second-order valence-corrected chi connectivity index (χ2v) is 7.78. The molecule has 0 aliphatic carbocycles. The van der Waals surface area contributed by atoms with E-state index in [1.54, 1.807) is 12.1 Å². The Bertz CT molecular complexity index is 529. The first-order valence-electron chi connectivity index (χ1n) is 6.59. The van der Waals surface area contributed by atoms with Crippen molar-refractivity contribution in [2.75, 3.05) is 30.8 Å². The maximum Gasteiger partial charge on any atom is 0.175 e. The molecule has 0 radical (unpaired) electrons. The normalized spacial score (nSPS) is 19.4. The highest BCUT2D eigenvalue weighted by Crippen LogP contribution is 2.32. The molecule has 0 aromatic heterocycles. The van der Waals surface area contributed by atoms with Gasteiger partial charge in [0.15, 0.2) is 9.84 Å². The van der Waals surface area contributed by atoms with Gasteiger partial charge in [0, 0.05) is 25.0 Å². The second kappa shape index (κ2) is 5.13. The Labute approximate surface area is 115 Å². The van der Waals surface area contributed by atoms with Crippen molar-refractivity contribution in [3.05, 3.63) is 24.3 Å². The maximum absolute atomic E-state index is 11.4. The van der Waals surface area contributed by atoms with Gasteiger partial charge in [-0.15, -0.1) is 0 Å². The van der Waals surface area contributed by atoms with Gasteiger partial charge in [0.05, 0.1) is 4.90 Å². The van der Waals surface area contributed by atoms with Gasteiger partial charge in [-0.2, -0.15) is 0 Å². The lowest BCUT2D eigenvalue weighted by atomic mass is 9.80. The number of benzene rings is 1. The molecule has 1 aromatic rings. The van der Waals surface area contributed by atoms with Gasteiger partial charge in [-0.1, -0.05) is 6.92 Å². The molecule has 106 valence electrons. The van der Waals surface area contributed by atoms with Gasteiger partial charge in [-0.05, 0) is 49.1 Å². The summed E-state index contributed by atoms with van der Waals surface area (Å²) in [5, 5.41) is 0. The van der Waals surface area contributed by atoms with Gasteiger partial charge in [-0.25, -0.2) is 8.42 Å². The first-order valence-corrected chi connectivity index (χ1v) is 8.48. The van der Waals surface area contributed by atoms with Crippen LogP contribution in [0.2, 0.25) is 0 Å². The summed E-state index contributed by atoms with van der Waals surface area (Å²) in [6.45, 7) is 4.92. The Kier molecular flexibility index (Phi) is 3.87. The van der Waals surface area contributed by atoms with Crippen LogP contribution in [0.1, 0.15) is 19.8 Å². The van der Waals surface area contributed by atoms with Crippen LogP contribution in [0.25, 0.3) is 0 Å². The highest BCUT2D eigenvalue weighted by atomic mass is 32.2. The van der Waals surface area contributed by atoms with Crippen molar-refractivity contribution < 1.29 is 8.42 Å². The molecule has 0 unspecified atom stereocenters. The van der Waals surface area contributed by atoms with E-state index in [1.807, 2.05) is 12.1 Å². The van der Waals surface area contributed by atoms with Crippen molar-refractivity contribution in [1.29, 1.82) is 0 Å². The molecule has 0 bridgehead atoms. The smallest absolute Gasteiger partial charge is 0.175 e. The highest BCUT2D eigenvalue weighted by molar-refractivity contribution is 7.90. The summed E-state index contributed by atoms with van der Waals surface area (Å²) in [5.41, 5.74) is 7.15. The van der Waals surface area contributed by atoms with E-state index in [0.29, 0.717) is 4.90 Å². The molecular weight excluding hydrogens is 260 g/mol. The zero-order valence-corrected chi connectivity index (χ0v) is 12.4. The molecule has 5 heteroatoms. The lowest BCUT2D eigenvalue weighted by Gasteiger charge is -2.39. The first-order chi connectivity index (χ1) is 8.84. The Balaban J connectivity index is 2.09. The number of anilines is 1. The van der Waals surface area contributed by atoms with Crippen LogP contribution >= 0.6 is 0 Å². The number of nitrogens with two attached hydrogens (primary N) is 1. The Hall–Kier alpha value is -1.07. The van der Waals surface area contributed by atoms with Crippen LogP contribution in [0, 0.1) is 5.41 Å². The van der Waals surface area contributed by atoms with E-state index >= 15 is 0 Å². The summed E-state index contributed by atoms with van der Waals surface area (Å²) in [7, 11) is -3.11. The zero-order valence-electron chi connectivity index (χ0n) is 11.6. The third-order valence-corrected chi connectivity index (χ3v) is 5.22. The van der Waals surface area contributed by atoms with Crippen molar-refractivity contribution in [3.8, 4) is 0 Å². The van der Waals surface area contributed by atoms with Crippen LogP contribution in [0.5, 0.6) is 0 Å². The second-order valence-electron chi connectivity index (χ2n) is 5.77. The van der Waals surface area contributed by atoms with Crippen LogP contribution in [0.15, 0.2) is 29.2 Å². The minimum atomic E-state index is -3.11. The van der Waals surface area contributed by atoms with E-state index in [1.165, 1.54) is 6.26 Å². The molecule has 2 N–H and O–H groups in total. The van der Waals surface area contributed by atoms with Crippen molar-refractivity contribution >= 4 is 15.5 Å². The predicted octanol–water partition coefficient (Wildman–Crippen LogP) is 1.66.